The SMILES string of the molecule is CCOc1cc(/C=C(\C#N)C(=O)NC2CCCCC2)ccc1OCC(=O)Nc1ccccc1OC. The van der Waals surface area contributed by atoms with Crippen LogP contribution in [0.4, 0.5) is 5.69 Å². The fourth-order valence-electron chi connectivity index (χ4n) is 3.90. The molecule has 8 heteroatoms. The average molecular weight is 478 g/mol. The van der Waals surface area contributed by atoms with Crippen LogP contribution in [-0.4, -0.2) is 38.2 Å². The Bertz CT molecular complexity index is 1100. The molecule has 0 heterocycles. The second-order valence-corrected chi connectivity index (χ2v) is 8.15. The van der Waals surface area contributed by atoms with Gasteiger partial charge < -0.3 is 24.8 Å². The largest absolute Gasteiger partial charge is 0.495 e. The zero-order valence-electron chi connectivity index (χ0n) is 20.1. The highest BCUT2D eigenvalue weighted by Gasteiger charge is 2.18. The first-order valence-electron chi connectivity index (χ1n) is 11.8. The molecule has 2 aromatic rings. The number of anilines is 1. The summed E-state index contributed by atoms with van der Waals surface area (Å²) >= 11 is 0. The van der Waals surface area contributed by atoms with Crippen molar-refractivity contribution in [1.29, 1.82) is 5.26 Å². The Morgan fingerprint density at radius 3 is 2.54 bits per heavy atom. The lowest BCUT2D eigenvalue weighted by atomic mass is 9.95. The summed E-state index contributed by atoms with van der Waals surface area (Å²) in [4.78, 5) is 25.0. The molecule has 35 heavy (non-hydrogen) atoms. The van der Waals surface area contributed by atoms with Crippen LogP contribution in [0.25, 0.3) is 6.08 Å². The van der Waals surface area contributed by atoms with Gasteiger partial charge in [0, 0.05) is 6.04 Å². The molecular formula is C27H31N3O5. The monoisotopic (exact) mass is 477 g/mol. The predicted molar refractivity (Wildman–Crippen MR) is 133 cm³/mol. The van der Waals surface area contributed by atoms with Gasteiger partial charge in [0.05, 0.1) is 19.4 Å². The Hall–Kier alpha value is -3.99. The van der Waals surface area contributed by atoms with Crippen LogP contribution in [0.5, 0.6) is 17.2 Å². The summed E-state index contributed by atoms with van der Waals surface area (Å²) < 4.78 is 16.6. The molecule has 2 aromatic carbocycles. The Morgan fingerprint density at radius 2 is 1.83 bits per heavy atom. The average Bonchev–Trinajstić information content (AvgIpc) is 2.87. The molecule has 0 bridgehead atoms. The molecule has 184 valence electrons. The lowest BCUT2D eigenvalue weighted by Gasteiger charge is -2.22. The van der Waals surface area contributed by atoms with Crippen LogP contribution in [0, 0.1) is 11.3 Å². The molecule has 1 aliphatic carbocycles. The minimum atomic E-state index is -0.370. The van der Waals surface area contributed by atoms with E-state index in [0.717, 1.165) is 25.7 Å². The molecule has 8 nitrogen and oxygen atoms in total. The first-order valence-corrected chi connectivity index (χ1v) is 11.8. The molecule has 0 aromatic heterocycles. The van der Waals surface area contributed by atoms with Gasteiger partial charge in [-0.2, -0.15) is 5.26 Å². The normalized spacial score (nSPS) is 13.9. The molecule has 1 saturated carbocycles. The summed E-state index contributed by atoms with van der Waals surface area (Å²) in [6, 6.07) is 14.2. The Labute approximate surface area is 205 Å². The third-order valence-electron chi connectivity index (χ3n) is 5.62. The van der Waals surface area contributed by atoms with Gasteiger partial charge in [-0.25, -0.2) is 0 Å². The first-order chi connectivity index (χ1) is 17.0. The number of ether oxygens (including phenoxy) is 3. The summed E-state index contributed by atoms with van der Waals surface area (Å²) in [5, 5.41) is 15.2. The molecule has 0 radical (unpaired) electrons. The van der Waals surface area contributed by atoms with Gasteiger partial charge >= 0.3 is 0 Å². The van der Waals surface area contributed by atoms with Crippen molar-refractivity contribution in [1.82, 2.24) is 5.32 Å². The number of para-hydroxylation sites is 2. The highest BCUT2D eigenvalue weighted by atomic mass is 16.5. The number of nitrogens with zero attached hydrogens (tertiary/aromatic N) is 1. The Balaban J connectivity index is 1.67. The van der Waals surface area contributed by atoms with E-state index in [1.807, 2.05) is 19.1 Å². The number of nitriles is 1. The molecule has 2 amide bonds. The third-order valence-corrected chi connectivity index (χ3v) is 5.62. The summed E-state index contributed by atoms with van der Waals surface area (Å²) in [6.07, 6.45) is 6.77. The molecule has 3 rings (SSSR count). The van der Waals surface area contributed by atoms with Gasteiger partial charge in [0.2, 0.25) is 0 Å². The van der Waals surface area contributed by atoms with E-state index in [1.165, 1.54) is 19.6 Å². The number of benzene rings is 2. The van der Waals surface area contributed by atoms with E-state index in [-0.39, 0.29) is 30.0 Å². The van der Waals surface area contributed by atoms with E-state index in [2.05, 4.69) is 10.6 Å². The van der Waals surface area contributed by atoms with Gasteiger partial charge in [-0.1, -0.05) is 37.5 Å². The number of nitrogens with one attached hydrogen (secondary N) is 2. The van der Waals surface area contributed by atoms with E-state index < -0.39 is 0 Å². The number of hydrogen-bond donors (Lipinski definition) is 2. The van der Waals surface area contributed by atoms with Crippen molar-refractivity contribution in [2.75, 3.05) is 25.6 Å². The van der Waals surface area contributed by atoms with Gasteiger partial charge in [0.25, 0.3) is 11.8 Å². The minimum Gasteiger partial charge on any atom is -0.495 e. The number of methoxy groups -OCH3 is 1. The van der Waals surface area contributed by atoms with E-state index in [0.29, 0.717) is 35.1 Å². The molecule has 0 unspecified atom stereocenters. The highest BCUT2D eigenvalue weighted by molar-refractivity contribution is 6.01. The molecule has 1 fully saturated rings. The van der Waals surface area contributed by atoms with Gasteiger partial charge in [-0.3, -0.25) is 9.59 Å². The van der Waals surface area contributed by atoms with Crippen molar-refractivity contribution in [2.24, 2.45) is 0 Å². The third kappa shape index (κ3) is 7.51. The summed E-state index contributed by atoms with van der Waals surface area (Å²) in [7, 11) is 1.53. The zero-order valence-corrected chi connectivity index (χ0v) is 20.1. The number of hydrogen-bond acceptors (Lipinski definition) is 6. The van der Waals surface area contributed by atoms with Crippen LogP contribution in [-0.2, 0) is 9.59 Å². The molecule has 0 spiro atoms. The van der Waals surface area contributed by atoms with Crippen molar-refractivity contribution in [2.45, 2.75) is 45.1 Å². The maximum atomic E-state index is 12.6. The number of carbonyl (C=O) groups is 2. The van der Waals surface area contributed by atoms with Gasteiger partial charge in [-0.05, 0) is 55.7 Å². The van der Waals surface area contributed by atoms with Crippen LogP contribution in [0.2, 0.25) is 0 Å². The van der Waals surface area contributed by atoms with Crippen molar-refractivity contribution in [3.63, 3.8) is 0 Å². The summed E-state index contributed by atoms with van der Waals surface area (Å²) in [5.74, 6) is 0.617. The smallest absolute Gasteiger partial charge is 0.262 e. The van der Waals surface area contributed by atoms with Crippen LogP contribution >= 0.6 is 0 Å². The maximum absolute atomic E-state index is 12.6. The van der Waals surface area contributed by atoms with Crippen LogP contribution in [0.3, 0.4) is 0 Å². The molecule has 2 N–H and O–H groups in total. The van der Waals surface area contributed by atoms with Crippen LogP contribution in [0.15, 0.2) is 48.0 Å². The number of carbonyl (C=O) groups excluding carboxylic acids is 2. The lowest BCUT2D eigenvalue weighted by molar-refractivity contribution is -0.118. The lowest BCUT2D eigenvalue weighted by Crippen LogP contribution is -2.36. The number of amides is 2. The van der Waals surface area contributed by atoms with Crippen molar-refractivity contribution >= 4 is 23.6 Å². The topological polar surface area (TPSA) is 110 Å². The van der Waals surface area contributed by atoms with Crippen molar-refractivity contribution in [3.8, 4) is 23.3 Å². The summed E-state index contributed by atoms with van der Waals surface area (Å²) in [6.45, 7) is 1.98. The number of rotatable bonds is 10. The zero-order chi connectivity index (χ0) is 25.0. The van der Waals surface area contributed by atoms with Crippen molar-refractivity contribution < 1.29 is 23.8 Å². The first kappa shape index (κ1) is 25.6. The van der Waals surface area contributed by atoms with E-state index in [4.69, 9.17) is 14.2 Å². The molecular weight excluding hydrogens is 446 g/mol. The second-order valence-electron chi connectivity index (χ2n) is 8.15. The Kier molecular flexibility index (Phi) is 9.55. The molecule has 0 atom stereocenters. The van der Waals surface area contributed by atoms with E-state index in [9.17, 15) is 14.9 Å². The molecule has 0 aliphatic heterocycles. The highest BCUT2D eigenvalue weighted by Crippen LogP contribution is 2.30. The fraction of sp³-hybridized carbons (Fsp3) is 0.370. The molecule has 1 aliphatic rings. The van der Waals surface area contributed by atoms with Crippen molar-refractivity contribution in [3.05, 3.63) is 53.6 Å². The minimum absolute atomic E-state index is 0.0304. The van der Waals surface area contributed by atoms with Gasteiger partial charge in [0.15, 0.2) is 18.1 Å². The van der Waals surface area contributed by atoms with Crippen LogP contribution in [0.1, 0.15) is 44.6 Å². The van der Waals surface area contributed by atoms with E-state index in [1.54, 1.807) is 36.4 Å². The standard InChI is InChI=1S/C27H31N3O5/c1-3-34-25-16-19(15-20(17-28)27(32)29-21-9-5-4-6-10-21)13-14-24(25)35-18-26(31)30-22-11-7-8-12-23(22)33-2/h7-8,11-16,21H,3-6,9-10,18H2,1-2H3,(H,29,32)(H,30,31)/b20-15+. The maximum Gasteiger partial charge on any atom is 0.262 e. The van der Waals surface area contributed by atoms with E-state index >= 15 is 0 Å². The van der Waals surface area contributed by atoms with Gasteiger partial charge in [0.1, 0.15) is 17.4 Å². The van der Waals surface area contributed by atoms with Gasteiger partial charge in [-0.15, -0.1) is 0 Å². The Morgan fingerprint density at radius 1 is 1.06 bits per heavy atom. The second kappa shape index (κ2) is 13.0. The quantitative estimate of drug-likeness (QED) is 0.386. The predicted octanol–water partition coefficient (Wildman–Crippen LogP) is 4.47. The summed E-state index contributed by atoms with van der Waals surface area (Å²) in [5.41, 5.74) is 1.20. The fourth-order valence-corrected chi connectivity index (χ4v) is 3.90. The van der Waals surface area contributed by atoms with Crippen LogP contribution < -0.4 is 24.8 Å². The molecule has 0 saturated heterocycles.